The molecule has 20 heavy (non-hydrogen) atoms. The van der Waals surface area contributed by atoms with E-state index in [0.29, 0.717) is 16.8 Å². The number of anilines is 1. The number of benzene rings is 1. The van der Waals surface area contributed by atoms with Crippen molar-refractivity contribution in [3.8, 4) is 11.8 Å². The molecule has 2 rings (SSSR count). The number of nitrogens with one attached hydrogen (secondary N) is 1. The summed E-state index contributed by atoms with van der Waals surface area (Å²) < 4.78 is 0. The number of hydrogen-bond donors (Lipinski definition) is 2. The molecular weight excluding hydrogens is 254 g/mol. The zero-order valence-corrected chi connectivity index (χ0v) is 11.1. The fraction of sp³-hybridized carbons (Fsp3) is 0.133. The molecule has 0 bridgehead atoms. The first-order valence-corrected chi connectivity index (χ1v) is 5.99. The van der Waals surface area contributed by atoms with E-state index in [1.54, 1.807) is 26.0 Å². The lowest BCUT2D eigenvalue weighted by Crippen LogP contribution is -2.14. The Hall–Kier alpha value is -2.87. The van der Waals surface area contributed by atoms with Crippen LogP contribution in [0.5, 0.6) is 5.75 Å². The van der Waals surface area contributed by atoms with Gasteiger partial charge in [-0.1, -0.05) is 0 Å². The molecule has 5 heteroatoms. The monoisotopic (exact) mass is 267 g/mol. The Morgan fingerprint density at radius 1 is 1.30 bits per heavy atom. The summed E-state index contributed by atoms with van der Waals surface area (Å²) in [6, 6.07) is 8.27. The van der Waals surface area contributed by atoms with Crippen LogP contribution >= 0.6 is 0 Å². The molecule has 100 valence electrons. The minimum atomic E-state index is -0.359. The summed E-state index contributed by atoms with van der Waals surface area (Å²) in [5.41, 5.74) is 2.69. The largest absolute Gasteiger partial charge is 0.508 e. The lowest BCUT2D eigenvalue weighted by Gasteiger charge is -2.10. The van der Waals surface area contributed by atoms with Gasteiger partial charge in [-0.25, -0.2) is 4.98 Å². The maximum Gasteiger partial charge on any atom is 0.274 e. The summed E-state index contributed by atoms with van der Waals surface area (Å²) in [5, 5.41) is 21.0. The van der Waals surface area contributed by atoms with E-state index in [2.05, 4.69) is 10.3 Å². The minimum absolute atomic E-state index is 0.192. The Morgan fingerprint density at radius 3 is 2.65 bits per heavy atom. The molecule has 0 aliphatic carbocycles. The lowest BCUT2D eigenvalue weighted by atomic mass is 10.1. The van der Waals surface area contributed by atoms with Gasteiger partial charge in [0.05, 0.1) is 5.56 Å². The predicted octanol–water partition coefficient (Wildman–Crippen LogP) is 2.53. The number of aromatic hydroxyl groups is 1. The van der Waals surface area contributed by atoms with E-state index < -0.39 is 0 Å². The molecule has 1 amide bonds. The number of aryl methyl sites for hydroxylation is 2. The number of phenols is 1. The first-order valence-electron chi connectivity index (χ1n) is 5.99. The summed E-state index contributed by atoms with van der Waals surface area (Å²) in [7, 11) is 0. The van der Waals surface area contributed by atoms with Crippen LogP contribution in [0, 0.1) is 25.2 Å². The summed E-state index contributed by atoms with van der Waals surface area (Å²) in [6.07, 6.45) is 1.35. The Kier molecular flexibility index (Phi) is 3.67. The smallest absolute Gasteiger partial charge is 0.274 e. The van der Waals surface area contributed by atoms with Crippen LogP contribution in [-0.2, 0) is 0 Å². The van der Waals surface area contributed by atoms with Gasteiger partial charge in [-0.2, -0.15) is 5.26 Å². The van der Waals surface area contributed by atoms with Crippen LogP contribution in [-0.4, -0.2) is 16.0 Å². The van der Waals surface area contributed by atoms with E-state index in [1.165, 1.54) is 18.3 Å². The zero-order valence-electron chi connectivity index (χ0n) is 11.1. The molecule has 0 unspecified atom stereocenters. The number of pyridine rings is 1. The van der Waals surface area contributed by atoms with Gasteiger partial charge in [0, 0.05) is 11.9 Å². The number of rotatable bonds is 2. The third kappa shape index (κ3) is 2.75. The fourth-order valence-electron chi connectivity index (χ4n) is 1.72. The second-order valence-electron chi connectivity index (χ2n) is 4.45. The van der Waals surface area contributed by atoms with Crippen molar-refractivity contribution in [3.05, 3.63) is 52.8 Å². The zero-order chi connectivity index (χ0) is 14.7. The van der Waals surface area contributed by atoms with Crippen molar-refractivity contribution in [1.82, 2.24) is 4.98 Å². The third-order valence-electron chi connectivity index (χ3n) is 2.92. The number of amides is 1. The van der Waals surface area contributed by atoms with Crippen molar-refractivity contribution in [1.29, 1.82) is 5.26 Å². The van der Waals surface area contributed by atoms with Gasteiger partial charge in [0.15, 0.2) is 0 Å². The molecule has 0 atom stereocenters. The molecule has 0 saturated carbocycles. The molecule has 1 heterocycles. The Morgan fingerprint density at radius 2 is 2.05 bits per heavy atom. The van der Waals surface area contributed by atoms with Crippen molar-refractivity contribution >= 4 is 11.6 Å². The second-order valence-corrected chi connectivity index (χ2v) is 4.45. The molecule has 2 N–H and O–H groups in total. The average molecular weight is 267 g/mol. The first kappa shape index (κ1) is 13.6. The number of hydrogen-bond acceptors (Lipinski definition) is 4. The van der Waals surface area contributed by atoms with Gasteiger partial charge in [0.2, 0.25) is 0 Å². The van der Waals surface area contributed by atoms with Crippen molar-refractivity contribution in [2.75, 3.05) is 5.32 Å². The van der Waals surface area contributed by atoms with E-state index in [-0.39, 0.29) is 17.4 Å². The number of carbonyl (C=O) groups is 1. The molecule has 2 aromatic rings. The van der Waals surface area contributed by atoms with E-state index in [9.17, 15) is 9.90 Å². The fourth-order valence-corrected chi connectivity index (χ4v) is 1.72. The van der Waals surface area contributed by atoms with Crippen molar-refractivity contribution in [2.24, 2.45) is 0 Å². The molecule has 1 aromatic heterocycles. The van der Waals surface area contributed by atoms with Crippen molar-refractivity contribution < 1.29 is 9.90 Å². The molecule has 1 aromatic carbocycles. The predicted molar refractivity (Wildman–Crippen MR) is 74.5 cm³/mol. The number of nitrogens with zero attached hydrogens (tertiary/aromatic N) is 2. The first-order chi connectivity index (χ1) is 9.51. The number of nitriles is 1. The Labute approximate surface area is 116 Å². The third-order valence-corrected chi connectivity index (χ3v) is 2.92. The van der Waals surface area contributed by atoms with Gasteiger partial charge in [-0.05, 0) is 49.2 Å². The Balaban J connectivity index is 2.23. The highest BCUT2D eigenvalue weighted by atomic mass is 16.3. The van der Waals surface area contributed by atoms with Gasteiger partial charge in [-0.15, -0.1) is 0 Å². The molecular formula is C15H13N3O2. The van der Waals surface area contributed by atoms with Crippen LogP contribution < -0.4 is 5.32 Å². The van der Waals surface area contributed by atoms with Gasteiger partial charge in [0.1, 0.15) is 17.5 Å². The maximum absolute atomic E-state index is 12.0. The van der Waals surface area contributed by atoms with E-state index >= 15 is 0 Å². The number of aromatic nitrogens is 1. The van der Waals surface area contributed by atoms with Crippen LogP contribution in [0.3, 0.4) is 0 Å². The summed E-state index contributed by atoms with van der Waals surface area (Å²) in [4.78, 5) is 16.0. The highest BCUT2D eigenvalue weighted by molar-refractivity contribution is 6.03. The van der Waals surface area contributed by atoms with Crippen molar-refractivity contribution in [3.63, 3.8) is 0 Å². The van der Waals surface area contributed by atoms with E-state index in [4.69, 9.17) is 5.26 Å². The maximum atomic E-state index is 12.0. The molecule has 0 radical (unpaired) electrons. The van der Waals surface area contributed by atoms with Crippen LogP contribution in [0.15, 0.2) is 30.5 Å². The summed E-state index contributed by atoms with van der Waals surface area (Å²) in [5.74, 6) is -0.167. The van der Waals surface area contributed by atoms with Crippen LogP contribution in [0.1, 0.15) is 27.2 Å². The van der Waals surface area contributed by atoms with Crippen LogP contribution in [0.2, 0.25) is 0 Å². The van der Waals surface area contributed by atoms with E-state index in [0.717, 1.165) is 5.56 Å². The topological polar surface area (TPSA) is 86.0 Å². The Bertz CT molecular complexity index is 700. The van der Waals surface area contributed by atoms with Gasteiger partial charge in [-0.3, -0.25) is 4.79 Å². The highest BCUT2D eigenvalue weighted by Gasteiger charge is 2.10. The SMILES string of the molecule is Cc1cc(NC(=O)c2ccc(C#N)cn2)c(C)cc1O. The molecule has 0 spiro atoms. The molecule has 0 fully saturated rings. The lowest BCUT2D eigenvalue weighted by molar-refractivity contribution is 0.102. The minimum Gasteiger partial charge on any atom is -0.508 e. The standard InChI is InChI=1S/C15H13N3O2/c1-9-6-14(19)10(2)5-13(9)18-15(20)12-4-3-11(7-16)8-17-12/h3-6,8,19H,1-2H3,(H,18,20). The molecule has 0 saturated heterocycles. The second kappa shape index (κ2) is 5.41. The molecule has 0 aliphatic heterocycles. The molecule has 5 nitrogen and oxygen atoms in total. The van der Waals surface area contributed by atoms with E-state index in [1.807, 2.05) is 6.07 Å². The van der Waals surface area contributed by atoms with Gasteiger partial charge >= 0.3 is 0 Å². The van der Waals surface area contributed by atoms with Gasteiger partial charge in [0.25, 0.3) is 5.91 Å². The molecule has 0 aliphatic rings. The quantitative estimate of drug-likeness (QED) is 0.819. The van der Waals surface area contributed by atoms with Crippen LogP contribution in [0.4, 0.5) is 5.69 Å². The summed E-state index contributed by atoms with van der Waals surface area (Å²) >= 11 is 0. The summed E-state index contributed by atoms with van der Waals surface area (Å²) in [6.45, 7) is 3.55. The number of carbonyl (C=O) groups excluding carboxylic acids is 1. The normalized spacial score (nSPS) is 9.85. The van der Waals surface area contributed by atoms with Crippen LogP contribution in [0.25, 0.3) is 0 Å². The average Bonchev–Trinajstić information content (AvgIpc) is 2.44. The highest BCUT2D eigenvalue weighted by Crippen LogP contribution is 2.25. The van der Waals surface area contributed by atoms with Crippen molar-refractivity contribution in [2.45, 2.75) is 13.8 Å². The number of phenolic OH excluding ortho intramolecular Hbond substituents is 1. The van der Waals surface area contributed by atoms with Gasteiger partial charge < -0.3 is 10.4 Å².